The summed E-state index contributed by atoms with van der Waals surface area (Å²) in [5.41, 5.74) is 7.19. The summed E-state index contributed by atoms with van der Waals surface area (Å²) in [6.45, 7) is 0. The van der Waals surface area contributed by atoms with Gasteiger partial charge in [-0.25, -0.2) is 0 Å². The quantitative estimate of drug-likeness (QED) is 0.861. The van der Waals surface area contributed by atoms with E-state index in [9.17, 15) is 4.79 Å². The molecule has 1 unspecified atom stereocenters. The molecule has 0 spiro atoms. The third-order valence-electron chi connectivity index (χ3n) is 2.70. The topological polar surface area (TPSA) is 82.2 Å². The zero-order valence-corrected chi connectivity index (χ0v) is 10.8. The summed E-state index contributed by atoms with van der Waals surface area (Å²) < 4.78 is 6.69. The summed E-state index contributed by atoms with van der Waals surface area (Å²) in [6.07, 6.45) is 3.30. The molecular formula is C13H16N4O2. The average molecular weight is 260 g/mol. The Morgan fingerprint density at radius 2 is 2.32 bits per heavy atom. The zero-order chi connectivity index (χ0) is 13.8. The number of aryl methyl sites for hydroxylation is 1. The number of aromatic nitrogens is 2. The molecule has 6 heteroatoms. The van der Waals surface area contributed by atoms with Gasteiger partial charge in [0.1, 0.15) is 11.8 Å². The second kappa shape index (κ2) is 5.53. The molecule has 1 amide bonds. The van der Waals surface area contributed by atoms with Crippen LogP contribution in [0.1, 0.15) is 11.6 Å². The van der Waals surface area contributed by atoms with E-state index in [1.807, 2.05) is 0 Å². The summed E-state index contributed by atoms with van der Waals surface area (Å²) in [6, 6.07) is 6.35. The lowest BCUT2D eigenvalue weighted by molar-refractivity contribution is -0.117. The molecule has 0 fully saturated rings. The second-order valence-electron chi connectivity index (χ2n) is 4.15. The molecule has 0 aliphatic heterocycles. The number of benzene rings is 1. The number of rotatable bonds is 4. The van der Waals surface area contributed by atoms with E-state index in [0.29, 0.717) is 17.0 Å². The van der Waals surface area contributed by atoms with Gasteiger partial charge in [-0.2, -0.15) is 5.10 Å². The third-order valence-corrected chi connectivity index (χ3v) is 2.70. The summed E-state index contributed by atoms with van der Waals surface area (Å²) in [4.78, 5) is 12.0. The van der Waals surface area contributed by atoms with Crippen molar-refractivity contribution >= 4 is 11.6 Å². The van der Waals surface area contributed by atoms with E-state index < -0.39 is 6.04 Å². The molecule has 1 heterocycles. The van der Waals surface area contributed by atoms with E-state index in [1.165, 1.54) is 0 Å². The van der Waals surface area contributed by atoms with Gasteiger partial charge < -0.3 is 15.8 Å². The summed E-state index contributed by atoms with van der Waals surface area (Å²) >= 11 is 0. The van der Waals surface area contributed by atoms with Crippen LogP contribution < -0.4 is 15.8 Å². The first-order chi connectivity index (χ1) is 9.10. The Kier molecular flexibility index (Phi) is 3.82. The highest BCUT2D eigenvalue weighted by atomic mass is 16.5. The third kappa shape index (κ3) is 3.11. The molecule has 6 nitrogen and oxygen atoms in total. The van der Waals surface area contributed by atoms with Crippen LogP contribution in [-0.2, 0) is 11.8 Å². The fraction of sp³-hybridized carbons (Fsp3) is 0.231. The minimum absolute atomic E-state index is 0.291. The summed E-state index contributed by atoms with van der Waals surface area (Å²) in [7, 11) is 3.35. The number of nitrogens with zero attached hydrogens (tertiary/aromatic N) is 2. The van der Waals surface area contributed by atoms with Gasteiger partial charge in [0.05, 0.1) is 13.3 Å². The first kappa shape index (κ1) is 13.1. The molecule has 2 rings (SSSR count). The van der Waals surface area contributed by atoms with Gasteiger partial charge in [-0.15, -0.1) is 0 Å². The van der Waals surface area contributed by atoms with E-state index in [0.717, 1.165) is 0 Å². The first-order valence-corrected chi connectivity index (χ1v) is 5.79. The number of amides is 1. The number of carbonyl (C=O) groups excluding carboxylic acids is 1. The predicted octanol–water partition coefficient (Wildman–Crippen LogP) is 1.07. The molecule has 0 radical (unpaired) electrons. The first-order valence-electron chi connectivity index (χ1n) is 5.79. The van der Waals surface area contributed by atoms with Crippen LogP contribution in [0, 0.1) is 0 Å². The maximum Gasteiger partial charge on any atom is 0.246 e. The molecule has 3 N–H and O–H groups in total. The monoisotopic (exact) mass is 260 g/mol. The Hall–Kier alpha value is -2.34. The zero-order valence-electron chi connectivity index (χ0n) is 10.8. The highest BCUT2D eigenvalue weighted by Gasteiger charge is 2.17. The van der Waals surface area contributed by atoms with Crippen molar-refractivity contribution in [2.75, 3.05) is 12.4 Å². The molecule has 0 saturated heterocycles. The number of hydrogen-bond donors (Lipinski definition) is 2. The number of ether oxygens (including phenoxy) is 1. The molecule has 1 atom stereocenters. The van der Waals surface area contributed by atoms with Crippen molar-refractivity contribution < 1.29 is 9.53 Å². The number of nitrogens with two attached hydrogens (primary N) is 1. The van der Waals surface area contributed by atoms with Crippen LogP contribution in [0.5, 0.6) is 5.75 Å². The van der Waals surface area contributed by atoms with Crippen molar-refractivity contribution in [1.29, 1.82) is 0 Å². The normalized spacial score (nSPS) is 11.9. The summed E-state index contributed by atoms with van der Waals surface area (Å²) in [5, 5.41) is 6.73. The summed E-state index contributed by atoms with van der Waals surface area (Å²) in [5.74, 6) is 0.383. The molecule has 0 bridgehead atoms. The van der Waals surface area contributed by atoms with E-state index in [-0.39, 0.29) is 5.91 Å². The van der Waals surface area contributed by atoms with E-state index >= 15 is 0 Å². The highest BCUT2D eigenvalue weighted by molar-refractivity contribution is 5.95. The van der Waals surface area contributed by atoms with Crippen molar-refractivity contribution in [3.8, 4) is 5.75 Å². The van der Waals surface area contributed by atoms with Crippen LogP contribution in [0.2, 0.25) is 0 Å². The Bertz CT molecular complexity index is 580. The van der Waals surface area contributed by atoms with E-state index in [4.69, 9.17) is 10.5 Å². The molecule has 100 valence electrons. The average Bonchev–Trinajstić information content (AvgIpc) is 2.84. The van der Waals surface area contributed by atoms with Gasteiger partial charge in [0.25, 0.3) is 0 Å². The van der Waals surface area contributed by atoms with Crippen molar-refractivity contribution in [2.24, 2.45) is 12.8 Å². The van der Waals surface area contributed by atoms with E-state index in [1.54, 1.807) is 55.5 Å². The molecule has 2 aromatic rings. The Balaban J connectivity index is 2.08. The van der Waals surface area contributed by atoms with Gasteiger partial charge >= 0.3 is 0 Å². The Labute approximate surface area is 111 Å². The fourth-order valence-corrected chi connectivity index (χ4v) is 1.67. The fourth-order valence-electron chi connectivity index (χ4n) is 1.67. The number of anilines is 1. The van der Waals surface area contributed by atoms with Crippen molar-refractivity contribution in [3.63, 3.8) is 0 Å². The van der Waals surface area contributed by atoms with Crippen molar-refractivity contribution in [3.05, 3.63) is 42.2 Å². The Morgan fingerprint density at radius 3 is 2.95 bits per heavy atom. The smallest absolute Gasteiger partial charge is 0.246 e. The Morgan fingerprint density at radius 1 is 1.53 bits per heavy atom. The lowest BCUT2D eigenvalue weighted by Crippen LogP contribution is -2.27. The molecular weight excluding hydrogens is 244 g/mol. The standard InChI is InChI=1S/C13H16N4O2/c1-17-8-9(7-15-17)12(14)13(18)16-10-4-3-5-11(6-10)19-2/h3-8,12H,14H2,1-2H3,(H,16,18). The van der Waals surface area contributed by atoms with Gasteiger partial charge in [-0.05, 0) is 12.1 Å². The number of nitrogens with one attached hydrogen (secondary N) is 1. The number of methoxy groups -OCH3 is 1. The largest absolute Gasteiger partial charge is 0.497 e. The van der Waals surface area contributed by atoms with Crippen LogP contribution >= 0.6 is 0 Å². The number of hydrogen-bond acceptors (Lipinski definition) is 4. The maximum atomic E-state index is 12.0. The van der Waals surface area contributed by atoms with Crippen LogP contribution in [0.4, 0.5) is 5.69 Å². The SMILES string of the molecule is COc1cccc(NC(=O)C(N)c2cnn(C)c2)c1. The van der Waals surface area contributed by atoms with Crippen LogP contribution in [0.25, 0.3) is 0 Å². The van der Waals surface area contributed by atoms with Gasteiger partial charge in [-0.1, -0.05) is 6.07 Å². The van der Waals surface area contributed by atoms with Gasteiger partial charge in [0.15, 0.2) is 0 Å². The van der Waals surface area contributed by atoms with Gasteiger partial charge in [0.2, 0.25) is 5.91 Å². The second-order valence-corrected chi connectivity index (χ2v) is 4.15. The minimum atomic E-state index is -0.750. The lowest BCUT2D eigenvalue weighted by Gasteiger charge is -2.11. The maximum absolute atomic E-state index is 12.0. The van der Waals surface area contributed by atoms with Crippen LogP contribution in [0.15, 0.2) is 36.7 Å². The van der Waals surface area contributed by atoms with Crippen LogP contribution in [-0.4, -0.2) is 22.8 Å². The van der Waals surface area contributed by atoms with Gasteiger partial charge in [-0.3, -0.25) is 9.48 Å². The molecule has 0 saturated carbocycles. The molecule has 0 aliphatic carbocycles. The minimum Gasteiger partial charge on any atom is -0.497 e. The lowest BCUT2D eigenvalue weighted by atomic mass is 10.1. The highest BCUT2D eigenvalue weighted by Crippen LogP contribution is 2.18. The molecule has 1 aromatic carbocycles. The molecule has 0 aliphatic rings. The molecule has 1 aromatic heterocycles. The number of carbonyl (C=O) groups is 1. The predicted molar refractivity (Wildman–Crippen MR) is 71.8 cm³/mol. The van der Waals surface area contributed by atoms with Crippen molar-refractivity contribution in [2.45, 2.75) is 6.04 Å². The van der Waals surface area contributed by atoms with Gasteiger partial charge in [0, 0.05) is 30.6 Å². The van der Waals surface area contributed by atoms with E-state index in [2.05, 4.69) is 10.4 Å². The van der Waals surface area contributed by atoms with Crippen molar-refractivity contribution in [1.82, 2.24) is 9.78 Å². The van der Waals surface area contributed by atoms with Crippen LogP contribution in [0.3, 0.4) is 0 Å². The molecule has 19 heavy (non-hydrogen) atoms.